The van der Waals surface area contributed by atoms with Gasteiger partial charge in [-0.25, -0.2) is 0 Å². The van der Waals surface area contributed by atoms with E-state index in [1.807, 2.05) is 0 Å². The highest BCUT2D eigenvalue weighted by Gasteiger charge is 2.11. The smallest absolute Gasteiger partial charge is 0.0189 e. The van der Waals surface area contributed by atoms with E-state index in [1.54, 1.807) is 0 Å². The standard InChI is InChI=1S/C13H30N2/c1-7-8-12(4)14-9-13(5)15(6)10-11(2)3/h11-14H,7-10H2,1-6H3. The van der Waals surface area contributed by atoms with Crippen molar-refractivity contribution in [2.75, 3.05) is 20.1 Å². The molecule has 0 amide bonds. The molecule has 0 aromatic carbocycles. The molecule has 0 aromatic rings. The molecule has 1 N–H and O–H groups in total. The molecular formula is C13H30N2. The molecule has 0 saturated carbocycles. The van der Waals surface area contributed by atoms with Gasteiger partial charge in [0.1, 0.15) is 0 Å². The molecule has 0 fully saturated rings. The summed E-state index contributed by atoms with van der Waals surface area (Å²) in [5.74, 6) is 0.755. The Bertz CT molecular complexity index is 145. The van der Waals surface area contributed by atoms with Crippen molar-refractivity contribution in [2.24, 2.45) is 5.92 Å². The monoisotopic (exact) mass is 214 g/mol. The van der Waals surface area contributed by atoms with Crippen LogP contribution in [-0.2, 0) is 0 Å². The Hall–Kier alpha value is -0.0800. The van der Waals surface area contributed by atoms with Crippen LogP contribution in [-0.4, -0.2) is 37.1 Å². The Morgan fingerprint density at radius 3 is 2.20 bits per heavy atom. The highest BCUT2D eigenvalue weighted by molar-refractivity contribution is 4.70. The summed E-state index contributed by atoms with van der Waals surface area (Å²) in [6.45, 7) is 13.7. The molecule has 2 heteroatoms. The predicted molar refractivity (Wildman–Crippen MR) is 69.3 cm³/mol. The van der Waals surface area contributed by atoms with Crippen LogP contribution in [0, 0.1) is 5.92 Å². The van der Waals surface area contributed by atoms with Crippen molar-refractivity contribution in [1.29, 1.82) is 0 Å². The summed E-state index contributed by atoms with van der Waals surface area (Å²) in [6.07, 6.45) is 2.55. The lowest BCUT2D eigenvalue weighted by molar-refractivity contribution is 0.221. The van der Waals surface area contributed by atoms with Crippen LogP contribution in [0.3, 0.4) is 0 Å². The lowest BCUT2D eigenvalue weighted by Crippen LogP contribution is -2.42. The van der Waals surface area contributed by atoms with Crippen LogP contribution in [0.4, 0.5) is 0 Å². The van der Waals surface area contributed by atoms with E-state index in [2.05, 4.69) is 51.9 Å². The first-order chi connectivity index (χ1) is 6.97. The van der Waals surface area contributed by atoms with Gasteiger partial charge in [0.05, 0.1) is 0 Å². The van der Waals surface area contributed by atoms with Gasteiger partial charge in [0.25, 0.3) is 0 Å². The molecule has 0 rings (SSSR count). The van der Waals surface area contributed by atoms with Gasteiger partial charge < -0.3 is 10.2 Å². The fourth-order valence-electron chi connectivity index (χ4n) is 1.82. The van der Waals surface area contributed by atoms with Gasteiger partial charge in [-0.2, -0.15) is 0 Å². The Balaban J connectivity index is 3.67. The maximum Gasteiger partial charge on any atom is 0.0189 e. The first kappa shape index (κ1) is 14.9. The van der Waals surface area contributed by atoms with Crippen molar-refractivity contribution in [3.63, 3.8) is 0 Å². The van der Waals surface area contributed by atoms with Gasteiger partial charge in [0.2, 0.25) is 0 Å². The SMILES string of the molecule is CCCC(C)NCC(C)N(C)CC(C)C. The van der Waals surface area contributed by atoms with E-state index < -0.39 is 0 Å². The van der Waals surface area contributed by atoms with E-state index in [-0.39, 0.29) is 0 Å². The Labute approximate surface area is 96.4 Å². The molecule has 0 spiro atoms. The zero-order valence-corrected chi connectivity index (χ0v) is 11.5. The van der Waals surface area contributed by atoms with Crippen LogP contribution in [0.1, 0.15) is 47.5 Å². The first-order valence-corrected chi connectivity index (χ1v) is 6.41. The van der Waals surface area contributed by atoms with E-state index in [9.17, 15) is 0 Å². The number of likely N-dealkylation sites (N-methyl/N-ethyl adjacent to an activating group) is 1. The van der Waals surface area contributed by atoms with E-state index in [1.165, 1.54) is 19.4 Å². The molecule has 0 aliphatic rings. The third-order valence-electron chi connectivity index (χ3n) is 2.89. The van der Waals surface area contributed by atoms with Crippen LogP contribution in [0.2, 0.25) is 0 Å². The molecule has 2 nitrogen and oxygen atoms in total. The molecule has 0 aliphatic heterocycles. The molecule has 92 valence electrons. The quantitative estimate of drug-likeness (QED) is 0.668. The van der Waals surface area contributed by atoms with Crippen molar-refractivity contribution in [2.45, 2.75) is 59.5 Å². The van der Waals surface area contributed by atoms with Crippen LogP contribution < -0.4 is 5.32 Å². The van der Waals surface area contributed by atoms with Crippen molar-refractivity contribution in [1.82, 2.24) is 10.2 Å². The second kappa shape index (κ2) is 8.12. The molecule has 0 radical (unpaired) electrons. The highest BCUT2D eigenvalue weighted by atomic mass is 15.1. The normalized spacial score (nSPS) is 16.0. The molecule has 2 atom stereocenters. The molecular weight excluding hydrogens is 184 g/mol. The minimum Gasteiger partial charge on any atom is -0.313 e. The summed E-state index contributed by atoms with van der Waals surface area (Å²) < 4.78 is 0. The third kappa shape index (κ3) is 7.80. The largest absolute Gasteiger partial charge is 0.313 e. The Morgan fingerprint density at radius 1 is 1.13 bits per heavy atom. The minimum absolute atomic E-state index is 0.631. The van der Waals surface area contributed by atoms with Gasteiger partial charge in [-0.3, -0.25) is 0 Å². The molecule has 0 saturated heterocycles. The zero-order chi connectivity index (χ0) is 11.8. The summed E-state index contributed by atoms with van der Waals surface area (Å²) in [4.78, 5) is 2.44. The molecule has 0 aromatic heterocycles. The second-order valence-electron chi connectivity index (χ2n) is 5.28. The average Bonchev–Trinajstić information content (AvgIpc) is 2.13. The van der Waals surface area contributed by atoms with E-state index in [4.69, 9.17) is 0 Å². The van der Waals surface area contributed by atoms with Crippen molar-refractivity contribution in [3.05, 3.63) is 0 Å². The number of hydrogen-bond donors (Lipinski definition) is 1. The Morgan fingerprint density at radius 2 is 1.73 bits per heavy atom. The van der Waals surface area contributed by atoms with E-state index >= 15 is 0 Å². The average molecular weight is 214 g/mol. The second-order valence-corrected chi connectivity index (χ2v) is 5.28. The number of nitrogens with one attached hydrogen (secondary N) is 1. The van der Waals surface area contributed by atoms with Gasteiger partial charge >= 0.3 is 0 Å². The third-order valence-corrected chi connectivity index (χ3v) is 2.89. The number of rotatable bonds is 8. The summed E-state index contributed by atoms with van der Waals surface area (Å²) in [5.41, 5.74) is 0. The highest BCUT2D eigenvalue weighted by Crippen LogP contribution is 2.02. The molecule has 0 bridgehead atoms. The molecule has 2 unspecified atom stereocenters. The zero-order valence-electron chi connectivity index (χ0n) is 11.5. The maximum absolute atomic E-state index is 3.60. The minimum atomic E-state index is 0.631. The van der Waals surface area contributed by atoms with Crippen LogP contribution >= 0.6 is 0 Å². The van der Waals surface area contributed by atoms with Crippen molar-refractivity contribution >= 4 is 0 Å². The summed E-state index contributed by atoms with van der Waals surface area (Å²) >= 11 is 0. The van der Waals surface area contributed by atoms with Crippen LogP contribution in [0.15, 0.2) is 0 Å². The lowest BCUT2D eigenvalue weighted by atomic mass is 10.1. The van der Waals surface area contributed by atoms with E-state index in [0.717, 1.165) is 12.5 Å². The number of nitrogens with zero attached hydrogens (tertiary/aromatic N) is 1. The van der Waals surface area contributed by atoms with Gasteiger partial charge in [-0.1, -0.05) is 27.2 Å². The predicted octanol–water partition coefficient (Wildman–Crippen LogP) is 2.74. The van der Waals surface area contributed by atoms with Gasteiger partial charge in [-0.15, -0.1) is 0 Å². The Kier molecular flexibility index (Phi) is 8.07. The van der Waals surface area contributed by atoms with Crippen LogP contribution in [0.25, 0.3) is 0 Å². The van der Waals surface area contributed by atoms with Gasteiger partial charge in [-0.05, 0) is 33.2 Å². The fraction of sp³-hybridized carbons (Fsp3) is 1.00. The van der Waals surface area contributed by atoms with E-state index in [0.29, 0.717) is 12.1 Å². The van der Waals surface area contributed by atoms with Crippen molar-refractivity contribution in [3.8, 4) is 0 Å². The lowest BCUT2D eigenvalue weighted by Gasteiger charge is -2.27. The summed E-state index contributed by atoms with van der Waals surface area (Å²) in [6, 6.07) is 1.29. The topological polar surface area (TPSA) is 15.3 Å². The molecule has 0 aliphatic carbocycles. The molecule has 15 heavy (non-hydrogen) atoms. The molecule has 0 heterocycles. The summed E-state index contributed by atoms with van der Waals surface area (Å²) in [7, 11) is 2.22. The number of hydrogen-bond acceptors (Lipinski definition) is 2. The summed E-state index contributed by atoms with van der Waals surface area (Å²) in [5, 5.41) is 3.60. The fourth-order valence-corrected chi connectivity index (χ4v) is 1.82. The van der Waals surface area contributed by atoms with Crippen molar-refractivity contribution < 1.29 is 0 Å². The van der Waals surface area contributed by atoms with Gasteiger partial charge in [0.15, 0.2) is 0 Å². The maximum atomic E-state index is 3.60. The van der Waals surface area contributed by atoms with Crippen LogP contribution in [0.5, 0.6) is 0 Å². The van der Waals surface area contributed by atoms with Gasteiger partial charge in [0, 0.05) is 25.2 Å². The first-order valence-electron chi connectivity index (χ1n) is 6.41.